The van der Waals surface area contributed by atoms with Gasteiger partial charge in [0, 0.05) is 10.7 Å². The first-order valence-corrected chi connectivity index (χ1v) is 6.05. The predicted octanol–water partition coefficient (Wildman–Crippen LogP) is 4.25. The summed E-state index contributed by atoms with van der Waals surface area (Å²) in [5.41, 5.74) is 0.645. The minimum absolute atomic E-state index is 0.191. The first-order chi connectivity index (χ1) is 8.60. The number of hydrogen-bond donors (Lipinski definition) is 1. The summed E-state index contributed by atoms with van der Waals surface area (Å²) in [5.74, 6) is -0.0602. The Morgan fingerprint density at radius 1 is 1.39 bits per heavy atom. The number of aromatic nitrogens is 1. The molecule has 6 heteroatoms. The average molecular weight is 327 g/mol. The molecular formula is C12H6BrClFN3. The van der Waals surface area contributed by atoms with Crippen molar-refractivity contribution >= 4 is 39.0 Å². The fourth-order valence-electron chi connectivity index (χ4n) is 1.35. The number of halogens is 3. The molecular weight excluding hydrogens is 321 g/mol. The Hall–Kier alpha value is -1.64. The SMILES string of the molecule is N#Cc1cc(F)ccc1Nc1ncc(Br)cc1Cl. The first-order valence-electron chi connectivity index (χ1n) is 4.88. The lowest BCUT2D eigenvalue weighted by molar-refractivity contribution is 0.627. The van der Waals surface area contributed by atoms with Gasteiger partial charge < -0.3 is 5.32 Å². The van der Waals surface area contributed by atoms with Crippen LogP contribution in [-0.2, 0) is 0 Å². The van der Waals surface area contributed by atoms with Gasteiger partial charge in [0.25, 0.3) is 0 Å². The molecule has 1 heterocycles. The smallest absolute Gasteiger partial charge is 0.149 e. The van der Waals surface area contributed by atoms with Gasteiger partial charge in [0.15, 0.2) is 0 Å². The Morgan fingerprint density at radius 3 is 2.83 bits per heavy atom. The Balaban J connectivity index is 2.37. The van der Waals surface area contributed by atoms with E-state index in [1.54, 1.807) is 12.3 Å². The van der Waals surface area contributed by atoms with Crippen molar-refractivity contribution in [2.75, 3.05) is 5.32 Å². The number of pyridine rings is 1. The fourth-order valence-corrected chi connectivity index (χ4v) is 2.03. The highest BCUT2D eigenvalue weighted by Gasteiger charge is 2.07. The zero-order valence-electron chi connectivity index (χ0n) is 8.92. The molecule has 0 saturated heterocycles. The second-order valence-electron chi connectivity index (χ2n) is 3.41. The lowest BCUT2D eigenvalue weighted by Gasteiger charge is -2.09. The summed E-state index contributed by atoms with van der Waals surface area (Å²) in [6.45, 7) is 0. The minimum atomic E-state index is -0.466. The second-order valence-corrected chi connectivity index (χ2v) is 4.73. The van der Waals surface area contributed by atoms with Crippen LogP contribution in [0.1, 0.15) is 5.56 Å². The van der Waals surface area contributed by atoms with Crippen molar-refractivity contribution in [3.05, 3.63) is 51.3 Å². The van der Waals surface area contributed by atoms with Crippen molar-refractivity contribution in [3.8, 4) is 6.07 Å². The molecule has 0 aliphatic rings. The number of nitrogens with one attached hydrogen (secondary N) is 1. The van der Waals surface area contributed by atoms with Crippen LogP contribution in [0.4, 0.5) is 15.9 Å². The number of hydrogen-bond acceptors (Lipinski definition) is 3. The van der Waals surface area contributed by atoms with E-state index in [4.69, 9.17) is 16.9 Å². The van der Waals surface area contributed by atoms with Gasteiger partial charge in [-0.3, -0.25) is 0 Å². The lowest BCUT2D eigenvalue weighted by atomic mass is 10.2. The maximum absolute atomic E-state index is 13.0. The average Bonchev–Trinajstić information content (AvgIpc) is 2.34. The molecule has 0 aliphatic carbocycles. The zero-order valence-corrected chi connectivity index (χ0v) is 11.3. The number of rotatable bonds is 2. The molecule has 0 radical (unpaired) electrons. The first kappa shape index (κ1) is 12.8. The molecule has 0 saturated carbocycles. The molecule has 2 rings (SSSR count). The van der Waals surface area contributed by atoms with Gasteiger partial charge in [-0.25, -0.2) is 9.37 Å². The number of anilines is 2. The summed E-state index contributed by atoms with van der Waals surface area (Å²) in [5, 5.41) is 12.2. The van der Waals surface area contributed by atoms with Crippen LogP contribution in [0.15, 0.2) is 34.9 Å². The van der Waals surface area contributed by atoms with Crippen LogP contribution >= 0.6 is 27.5 Å². The van der Waals surface area contributed by atoms with E-state index in [1.165, 1.54) is 12.1 Å². The van der Waals surface area contributed by atoms with E-state index in [0.717, 1.165) is 10.5 Å². The highest BCUT2D eigenvalue weighted by molar-refractivity contribution is 9.10. The van der Waals surface area contributed by atoms with Crippen molar-refractivity contribution in [1.29, 1.82) is 5.26 Å². The van der Waals surface area contributed by atoms with E-state index >= 15 is 0 Å². The Bertz CT molecular complexity index is 640. The van der Waals surface area contributed by atoms with Crippen molar-refractivity contribution in [2.45, 2.75) is 0 Å². The number of nitrogens with zero attached hydrogens (tertiary/aromatic N) is 2. The Labute approximate surface area is 116 Å². The molecule has 1 aromatic heterocycles. The topological polar surface area (TPSA) is 48.7 Å². The Kier molecular flexibility index (Phi) is 3.80. The van der Waals surface area contributed by atoms with Crippen LogP contribution < -0.4 is 5.32 Å². The van der Waals surface area contributed by atoms with Crippen LogP contribution in [0.5, 0.6) is 0 Å². The van der Waals surface area contributed by atoms with Gasteiger partial charge in [-0.2, -0.15) is 5.26 Å². The Morgan fingerprint density at radius 2 is 2.17 bits per heavy atom. The zero-order chi connectivity index (χ0) is 13.1. The van der Waals surface area contributed by atoms with E-state index in [-0.39, 0.29) is 5.56 Å². The quantitative estimate of drug-likeness (QED) is 0.897. The van der Waals surface area contributed by atoms with Gasteiger partial charge in [0.05, 0.1) is 16.3 Å². The monoisotopic (exact) mass is 325 g/mol. The van der Waals surface area contributed by atoms with Gasteiger partial charge in [-0.05, 0) is 40.2 Å². The van der Waals surface area contributed by atoms with Crippen LogP contribution in [0.25, 0.3) is 0 Å². The normalized spacial score (nSPS) is 9.89. The summed E-state index contributed by atoms with van der Waals surface area (Å²) < 4.78 is 13.7. The standard InChI is InChI=1S/C12H6BrClFN3/c13-8-4-10(14)12(17-6-8)18-11-2-1-9(15)3-7(11)5-16/h1-4,6H,(H,17,18). The number of nitriles is 1. The third-order valence-corrected chi connectivity index (χ3v) is 2.88. The van der Waals surface area contributed by atoms with Gasteiger partial charge in [0.2, 0.25) is 0 Å². The summed E-state index contributed by atoms with van der Waals surface area (Å²) in [7, 11) is 0. The highest BCUT2D eigenvalue weighted by Crippen LogP contribution is 2.27. The molecule has 3 nitrogen and oxygen atoms in total. The second kappa shape index (κ2) is 5.34. The van der Waals surface area contributed by atoms with Crippen molar-refractivity contribution in [3.63, 3.8) is 0 Å². The molecule has 0 atom stereocenters. The largest absolute Gasteiger partial charge is 0.338 e. The van der Waals surface area contributed by atoms with E-state index in [0.29, 0.717) is 16.5 Å². The van der Waals surface area contributed by atoms with Crippen LogP contribution in [-0.4, -0.2) is 4.98 Å². The summed E-state index contributed by atoms with van der Waals surface area (Å²) >= 11 is 9.24. The maximum Gasteiger partial charge on any atom is 0.149 e. The molecule has 2 aromatic rings. The van der Waals surface area contributed by atoms with Crippen LogP contribution in [0.2, 0.25) is 5.02 Å². The van der Waals surface area contributed by atoms with Crippen molar-refractivity contribution < 1.29 is 4.39 Å². The highest BCUT2D eigenvalue weighted by atomic mass is 79.9. The predicted molar refractivity (Wildman–Crippen MR) is 71.3 cm³/mol. The molecule has 90 valence electrons. The summed E-state index contributed by atoms with van der Waals surface area (Å²) in [6.07, 6.45) is 1.57. The molecule has 1 N–H and O–H groups in total. The molecule has 0 unspecified atom stereocenters. The molecule has 0 aliphatic heterocycles. The minimum Gasteiger partial charge on any atom is -0.338 e. The molecule has 0 amide bonds. The number of benzene rings is 1. The molecule has 0 fully saturated rings. The molecule has 1 aromatic carbocycles. The van der Waals surface area contributed by atoms with Gasteiger partial charge in [0.1, 0.15) is 17.7 Å². The van der Waals surface area contributed by atoms with E-state index in [2.05, 4.69) is 26.2 Å². The lowest BCUT2D eigenvalue weighted by Crippen LogP contribution is -1.97. The third-order valence-electron chi connectivity index (χ3n) is 2.16. The maximum atomic E-state index is 13.0. The molecule has 0 spiro atoms. The summed E-state index contributed by atoms with van der Waals surface area (Å²) in [6, 6.07) is 7.45. The van der Waals surface area contributed by atoms with Gasteiger partial charge in [-0.1, -0.05) is 11.6 Å². The van der Waals surface area contributed by atoms with Gasteiger partial charge in [-0.15, -0.1) is 0 Å². The molecule has 18 heavy (non-hydrogen) atoms. The third kappa shape index (κ3) is 2.78. The summed E-state index contributed by atoms with van der Waals surface area (Å²) in [4.78, 5) is 4.08. The van der Waals surface area contributed by atoms with Crippen molar-refractivity contribution in [2.24, 2.45) is 0 Å². The van der Waals surface area contributed by atoms with Crippen LogP contribution in [0, 0.1) is 17.1 Å². The van der Waals surface area contributed by atoms with Crippen LogP contribution in [0.3, 0.4) is 0 Å². The fraction of sp³-hybridized carbons (Fsp3) is 0. The van der Waals surface area contributed by atoms with Gasteiger partial charge >= 0.3 is 0 Å². The van der Waals surface area contributed by atoms with E-state index < -0.39 is 5.82 Å². The van der Waals surface area contributed by atoms with E-state index in [1.807, 2.05) is 6.07 Å². The van der Waals surface area contributed by atoms with E-state index in [9.17, 15) is 4.39 Å². The van der Waals surface area contributed by atoms with Crippen molar-refractivity contribution in [1.82, 2.24) is 4.98 Å². The molecule has 0 bridgehead atoms.